The lowest BCUT2D eigenvalue weighted by Crippen LogP contribution is -2.40. The summed E-state index contributed by atoms with van der Waals surface area (Å²) in [6.07, 6.45) is 2.85. The minimum absolute atomic E-state index is 0.000701. The summed E-state index contributed by atoms with van der Waals surface area (Å²) in [6, 6.07) is 8.05. The van der Waals surface area contributed by atoms with Gasteiger partial charge in [-0.05, 0) is 43.4 Å². The first-order chi connectivity index (χ1) is 13.4. The summed E-state index contributed by atoms with van der Waals surface area (Å²) >= 11 is 0. The van der Waals surface area contributed by atoms with Crippen LogP contribution in [0, 0.1) is 11.6 Å². The number of rotatable bonds is 6. The second-order valence-corrected chi connectivity index (χ2v) is 6.95. The number of benzene rings is 2. The molecule has 1 fully saturated rings. The van der Waals surface area contributed by atoms with Crippen molar-refractivity contribution < 1.29 is 28.2 Å². The first-order valence-corrected chi connectivity index (χ1v) is 9.21. The molecule has 1 aliphatic rings. The van der Waals surface area contributed by atoms with E-state index in [0.29, 0.717) is 24.2 Å². The first kappa shape index (κ1) is 19.9. The number of amides is 1. The molecule has 150 valence electrons. The van der Waals surface area contributed by atoms with Crippen molar-refractivity contribution in [3.8, 4) is 17.2 Å². The second kappa shape index (κ2) is 8.91. The molecule has 28 heavy (non-hydrogen) atoms. The number of carbonyl (C=O) groups excluding carboxylic acids is 1. The fourth-order valence-corrected chi connectivity index (χ4v) is 3.42. The normalized spacial score (nSPS) is 19.1. The quantitative estimate of drug-likeness (QED) is 0.788. The Morgan fingerprint density at radius 2 is 1.79 bits per heavy atom. The maximum atomic E-state index is 13.2. The molecule has 0 atom stereocenters. The van der Waals surface area contributed by atoms with Gasteiger partial charge >= 0.3 is 0 Å². The van der Waals surface area contributed by atoms with E-state index < -0.39 is 11.6 Å². The topological polar surface area (TPSA) is 67.8 Å². The van der Waals surface area contributed by atoms with E-state index in [2.05, 4.69) is 5.32 Å². The predicted octanol–water partition coefficient (Wildman–Crippen LogP) is 3.73. The van der Waals surface area contributed by atoms with Gasteiger partial charge in [0.15, 0.2) is 11.5 Å². The molecule has 0 saturated heterocycles. The van der Waals surface area contributed by atoms with Crippen LogP contribution in [0.4, 0.5) is 8.78 Å². The van der Waals surface area contributed by atoms with Crippen LogP contribution in [0.15, 0.2) is 36.4 Å². The molecule has 7 heteroatoms. The van der Waals surface area contributed by atoms with Crippen LogP contribution < -0.4 is 14.8 Å². The minimum atomic E-state index is -0.666. The van der Waals surface area contributed by atoms with E-state index in [9.17, 15) is 18.7 Å². The summed E-state index contributed by atoms with van der Waals surface area (Å²) in [5.74, 6) is -0.911. The minimum Gasteiger partial charge on any atom is -0.504 e. The molecule has 0 bridgehead atoms. The molecule has 0 radical (unpaired) electrons. The number of methoxy groups -OCH3 is 1. The average molecular weight is 391 g/mol. The Labute approximate surface area is 162 Å². The summed E-state index contributed by atoms with van der Waals surface area (Å²) in [7, 11) is 1.46. The number of phenols is 1. The first-order valence-electron chi connectivity index (χ1n) is 9.21. The van der Waals surface area contributed by atoms with Crippen LogP contribution in [0.5, 0.6) is 17.2 Å². The van der Waals surface area contributed by atoms with Gasteiger partial charge in [-0.15, -0.1) is 0 Å². The standard InChI is InChI=1S/C21H23F2NO4/c1-27-20-7-2-13(8-19(20)25)9-21(26)24-16-3-5-17(6-4-16)28-18-11-14(22)10-15(23)12-18/h2,7-8,10-12,16-17,25H,3-6,9H2,1H3,(H,24,26). The Kier molecular flexibility index (Phi) is 6.34. The number of hydrogen-bond donors (Lipinski definition) is 2. The maximum Gasteiger partial charge on any atom is 0.224 e. The van der Waals surface area contributed by atoms with Crippen LogP contribution in [0.3, 0.4) is 0 Å². The van der Waals surface area contributed by atoms with E-state index in [4.69, 9.17) is 9.47 Å². The molecule has 2 aromatic rings. The summed E-state index contributed by atoms with van der Waals surface area (Å²) in [5.41, 5.74) is 0.695. The van der Waals surface area contributed by atoms with Gasteiger partial charge in [0.25, 0.3) is 0 Å². The average Bonchev–Trinajstić information content (AvgIpc) is 2.62. The molecule has 1 saturated carbocycles. The molecule has 0 aromatic heterocycles. The zero-order chi connectivity index (χ0) is 20.1. The Hall–Kier alpha value is -2.83. The highest BCUT2D eigenvalue weighted by Gasteiger charge is 2.24. The van der Waals surface area contributed by atoms with E-state index in [-0.39, 0.29) is 36.0 Å². The molecular formula is C21H23F2NO4. The van der Waals surface area contributed by atoms with E-state index in [1.165, 1.54) is 25.3 Å². The van der Waals surface area contributed by atoms with Crippen molar-refractivity contribution in [3.63, 3.8) is 0 Å². The largest absolute Gasteiger partial charge is 0.504 e. The van der Waals surface area contributed by atoms with Crippen molar-refractivity contribution in [2.75, 3.05) is 7.11 Å². The van der Waals surface area contributed by atoms with Gasteiger partial charge in [-0.25, -0.2) is 8.78 Å². The third-order valence-electron chi connectivity index (χ3n) is 4.79. The highest BCUT2D eigenvalue weighted by Crippen LogP contribution is 2.27. The number of phenolic OH excluding ortho intramolecular Hbond substituents is 1. The number of ether oxygens (including phenoxy) is 2. The SMILES string of the molecule is COc1ccc(CC(=O)NC2CCC(Oc3cc(F)cc(F)c3)CC2)cc1O. The lowest BCUT2D eigenvalue weighted by atomic mass is 9.92. The molecule has 2 aromatic carbocycles. The molecular weight excluding hydrogens is 368 g/mol. The van der Waals surface area contributed by atoms with Crippen LogP contribution in [-0.2, 0) is 11.2 Å². The van der Waals surface area contributed by atoms with Gasteiger partial charge < -0.3 is 19.9 Å². The monoisotopic (exact) mass is 391 g/mol. The van der Waals surface area contributed by atoms with Crippen molar-refractivity contribution in [1.82, 2.24) is 5.32 Å². The van der Waals surface area contributed by atoms with Crippen LogP contribution in [0.2, 0.25) is 0 Å². The number of carbonyl (C=O) groups is 1. The second-order valence-electron chi connectivity index (χ2n) is 6.95. The van der Waals surface area contributed by atoms with Crippen molar-refractivity contribution in [3.05, 3.63) is 53.6 Å². The van der Waals surface area contributed by atoms with Crippen molar-refractivity contribution >= 4 is 5.91 Å². The molecule has 0 unspecified atom stereocenters. The highest BCUT2D eigenvalue weighted by molar-refractivity contribution is 5.79. The summed E-state index contributed by atoms with van der Waals surface area (Å²) < 4.78 is 37.1. The fourth-order valence-electron chi connectivity index (χ4n) is 3.42. The molecule has 0 spiro atoms. The Morgan fingerprint density at radius 3 is 2.39 bits per heavy atom. The van der Waals surface area contributed by atoms with E-state index >= 15 is 0 Å². The lowest BCUT2D eigenvalue weighted by molar-refractivity contribution is -0.121. The summed E-state index contributed by atoms with van der Waals surface area (Å²) in [6.45, 7) is 0. The van der Waals surface area contributed by atoms with Crippen LogP contribution >= 0.6 is 0 Å². The summed E-state index contributed by atoms with van der Waals surface area (Å²) in [4.78, 5) is 12.3. The zero-order valence-corrected chi connectivity index (χ0v) is 15.6. The zero-order valence-electron chi connectivity index (χ0n) is 15.6. The molecule has 5 nitrogen and oxygen atoms in total. The van der Waals surface area contributed by atoms with E-state index in [1.807, 2.05) is 0 Å². The molecule has 1 aliphatic carbocycles. The molecule has 0 heterocycles. The summed E-state index contributed by atoms with van der Waals surface area (Å²) in [5, 5.41) is 12.8. The smallest absolute Gasteiger partial charge is 0.224 e. The van der Waals surface area contributed by atoms with Gasteiger partial charge in [0.05, 0.1) is 19.6 Å². The van der Waals surface area contributed by atoms with Gasteiger partial charge in [-0.2, -0.15) is 0 Å². The van der Waals surface area contributed by atoms with Gasteiger partial charge in [0.2, 0.25) is 5.91 Å². The lowest BCUT2D eigenvalue weighted by Gasteiger charge is -2.29. The van der Waals surface area contributed by atoms with Crippen LogP contribution in [-0.4, -0.2) is 30.3 Å². The number of aromatic hydroxyl groups is 1. The van der Waals surface area contributed by atoms with Crippen LogP contribution in [0.1, 0.15) is 31.2 Å². The van der Waals surface area contributed by atoms with Gasteiger partial charge in [-0.3, -0.25) is 4.79 Å². The molecule has 1 amide bonds. The number of hydrogen-bond acceptors (Lipinski definition) is 4. The van der Waals surface area contributed by atoms with E-state index in [0.717, 1.165) is 18.9 Å². The van der Waals surface area contributed by atoms with Crippen molar-refractivity contribution in [2.24, 2.45) is 0 Å². The van der Waals surface area contributed by atoms with Crippen molar-refractivity contribution in [2.45, 2.75) is 44.2 Å². The fraction of sp³-hybridized carbons (Fsp3) is 0.381. The van der Waals surface area contributed by atoms with Crippen molar-refractivity contribution in [1.29, 1.82) is 0 Å². The van der Waals surface area contributed by atoms with Gasteiger partial charge in [0.1, 0.15) is 17.4 Å². The Balaban J connectivity index is 1.46. The van der Waals surface area contributed by atoms with Crippen LogP contribution in [0.25, 0.3) is 0 Å². The third-order valence-corrected chi connectivity index (χ3v) is 4.79. The van der Waals surface area contributed by atoms with Gasteiger partial charge in [-0.1, -0.05) is 6.07 Å². The molecule has 3 rings (SSSR count). The maximum absolute atomic E-state index is 13.2. The predicted molar refractivity (Wildman–Crippen MR) is 99.5 cm³/mol. The van der Waals surface area contributed by atoms with Gasteiger partial charge in [0, 0.05) is 24.2 Å². The highest BCUT2D eigenvalue weighted by atomic mass is 19.1. The number of nitrogens with one attached hydrogen (secondary N) is 1. The number of halogens is 2. The molecule has 0 aliphatic heterocycles. The Morgan fingerprint density at radius 1 is 1.11 bits per heavy atom. The third kappa shape index (κ3) is 5.34. The molecule has 2 N–H and O–H groups in total. The van der Waals surface area contributed by atoms with E-state index in [1.54, 1.807) is 12.1 Å². The Bertz CT molecular complexity index is 815.